The predicted octanol–water partition coefficient (Wildman–Crippen LogP) is 5.53. The largest absolute Gasteiger partial charge is 0.379 e. The van der Waals surface area contributed by atoms with Crippen LogP contribution in [0.25, 0.3) is 27.7 Å². The van der Waals surface area contributed by atoms with Crippen LogP contribution in [-0.4, -0.2) is 64.3 Å². The first kappa shape index (κ1) is 35.5. The van der Waals surface area contributed by atoms with Crippen molar-refractivity contribution in [2.75, 3.05) is 26.3 Å². The van der Waals surface area contributed by atoms with Gasteiger partial charge in [-0.25, -0.2) is 22.2 Å². The highest BCUT2D eigenvalue weighted by Crippen LogP contribution is 2.38. The van der Waals surface area contributed by atoms with E-state index in [2.05, 4.69) is 10.4 Å². The lowest BCUT2D eigenvalue weighted by Crippen LogP contribution is -2.40. The van der Waals surface area contributed by atoms with E-state index in [-0.39, 0.29) is 66.6 Å². The first-order valence-corrected chi connectivity index (χ1v) is 19.1. The van der Waals surface area contributed by atoms with Crippen LogP contribution in [0.15, 0.2) is 113 Å². The van der Waals surface area contributed by atoms with Gasteiger partial charge >= 0.3 is 0 Å². The van der Waals surface area contributed by atoms with Gasteiger partial charge in [0.2, 0.25) is 15.9 Å². The van der Waals surface area contributed by atoms with Gasteiger partial charge in [0.1, 0.15) is 24.0 Å². The van der Waals surface area contributed by atoms with Crippen molar-refractivity contribution in [2.24, 2.45) is 0 Å². The minimum Gasteiger partial charge on any atom is -0.379 e. The van der Waals surface area contributed by atoms with Gasteiger partial charge in [0.05, 0.1) is 46.4 Å². The standard InChI is InChI=1S/C40H36F2N6O5S/c41-30-20-26(21-31(42)24-30)22-37(43-38(49)25-46-15-14-35(45-46)28-6-7-28)39-44-36-23-29(27-4-2-1-3-5-27)8-13-34(36)40(50)48(39)32-9-11-33(12-10-32)54(51,52)47-16-18-53-19-17-47/h1-5,8-15,20-21,23-24,28,37H,6-7,16-19,22,25H2,(H,43,49)/t37-/m0/s1. The first-order chi connectivity index (χ1) is 26.1. The average Bonchev–Trinajstić information content (AvgIpc) is 3.92. The van der Waals surface area contributed by atoms with E-state index in [0.29, 0.717) is 11.4 Å². The second kappa shape index (κ2) is 14.7. The molecule has 11 nitrogen and oxygen atoms in total. The van der Waals surface area contributed by atoms with Crippen LogP contribution in [0.4, 0.5) is 8.78 Å². The normalized spacial score (nSPS) is 15.7. The number of benzene rings is 4. The molecule has 14 heteroatoms. The Kier molecular flexibility index (Phi) is 9.65. The molecular formula is C40H36F2N6O5S. The minimum atomic E-state index is -3.84. The van der Waals surface area contributed by atoms with Gasteiger partial charge in [-0.3, -0.25) is 18.8 Å². The number of halogens is 2. The van der Waals surface area contributed by atoms with Crippen molar-refractivity contribution in [1.29, 1.82) is 0 Å². The zero-order chi connectivity index (χ0) is 37.4. The van der Waals surface area contributed by atoms with Crippen LogP contribution in [0.3, 0.4) is 0 Å². The molecule has 8 rings (SSSR count). The van der Waals surface area contributed by atoms with E-state index in [0.717, 1.165) is 35.7 Å². The number of sulfonamides is 1. The Hall–Kier alpha value is -5.57. The maximum absolute atomic E-state index is 14.6. The highest BCUT2D eigenvalue weighted by Gasteiger charge is 2.29. The fourth-order valence-corrected chi connectivity index (χ4v) is 8.23. The van der Waals surface area contributed by atoms with Crippen molar-refractivity contribution in [3.8, 4) is 16.8 Å². The maximum Gasteiger partial charge on any atom is 0.266 e. The number of aromatic nitrogens is 4. The average molecular weight is 751 g/mol. The molecule has 0 unspecified atom stereocenters. The molecule has 1 amide bonds. The second-order valence-corrected chi connectivity index (χ2v) is 15.5. The molecule has 1 saturated carbocycles. The van der Waals surface area contributed by atoms with E-state index in [4.69, 9.17) is 9.72 Å². The molecular weight excluding hydrogens is 715 g/mol. The summed E-state index contributed by atoms with van der Waals surface area (Å²) >= 11 is 0. The van der Waals surface area contributed by atoms with Crippen LogP contribution in [0.5, 0.6) is 0 Å². The number of nitrogens with zero attached hydrogens (tertiary/aromatic N) is 5. The summed E-state index contributed by atoms with van der Waals surface area (Å²) in [6.45, 7) is 0.862. The van der Waals surface area contributed by atoms with E-state index >= 15 is 0 Å². The molecule has 2 fully saturated rings. The van der Waals surface area contributed by atoms with Gasteiger partial charge in [0.25, 0.3) is 5.56 Å². The number of nitrogens with one attached hydrogen (secondary N) is 1. The molecule has 6 aromatic rings. The highest BCUT2D eigenvalue weighted by atomic mass is 32.2. The number of hydrogen-bond acceptors (Lipinski definition) is 7. The van der Waals surface area contributed by atoms with Crippen molar-refractivity contribution < 1.29 is 26.7 Å². The number of carbonyl (C=O) groups excluding carboxylic acids is 1. The Morgan fingerprint density at radius 2 is 1.61 bits per heavy atom. The summed E-state index contributed by atoms with van der Waals surface area (Å²) in [6.07, 6.45) is 3.69. The third kappa shape index (κ3) is 7.45. The fraction of sp³-hybridized carbons (Fsp3) is 0.250. The summed E-state index contributed by atoms with van der Waals surface area (Å²) in [4.78, 5) is 33.3. The van der Waals surface area contributed by atoms with E-state index in [1.807, 2.05) is 42.5 Å². The molecule has 2 aliphatic rings. The third-order valence-electron chi connectivity index (χ3n) is 9.68. The summed E-state index contributed by atoms with van der Waals surface area (Å²) in [6, 6.07) is 24.6. The molecule has 4 aromatic carbocycles. The molecule has 0 spiro atoms. The quantitative estimate of drug-likeness (QED) is 0.185. The van der Waals surface area contributed by atoms with Crippen LogP contribution in [-0.2, 0) is 32.5 Å². The molecule has 1 aliphatic heterocycles. The Morgan fingerprint density at radius 1 is 0.889 bits per heavy atom. The molecule has 0 radical (unpaired) electrons. The molecule has 0 bridgehead atoms. The summed E-state index contributed by atoms with van der Waals surface area (Å²) in [5.74, 6) is -1.59. The summed E-state index contributed by atoms with van der Waals surface area (Å²) in [7, 11) is -3.84. The maximum atomic E-state index is 14.6. The van der Waals surface area contributed by atoms with Gasteiger partial charge in [-0.05, 0) is 84.1 Å². The van der Waals surface area contributed by atoms with Crippen molar-refractivity contribution in [3.63, 3.8) is 0 Å². The molecule has 1 atom stereocenters. The lowest BCUT2D eigenvalue weighted by molar-refractivity contribution is -0.122. The van der Waals surface area contributed by atoms with E-state index < -0.39 is 39.2 Å². The number of carbonyl (C=O) groups is 1. The number of amides is 1. The topological polar surface area (TPSA) is 128 Å². The van der Waals surface area contributed by atoms with Gasteiger partial charge in [-0.1, -0.05) is 36.4 Å². The number of rotatable bonds is 11. The van der Waals surface area contributed by atoms with E-state index in [1.54, 1.807) is 18.3 Å². The second-order valence-electron chi connectivity index (χ2n) is 13.5. The van der Waals surface area contributed by atoms with Gasteiger partial charge in [-0.15, -0.1) is 0 Å². The van der Waals surface area contributed by atoms with Crippen molar-refractivity contribution in [2.45, 2.75) is 42.7 Å². The number of fused-ring (bicyclic) bond motifs is 1. The van der Waals surface area contributed by atoms with Crippen LogP contribution in [0.2, 0.25) is 0 Å². The van der Waals surface area contributed by atoms with Gasteiger partial charge in [0, 0.05) is 37.7 Å². The van der Waals surface area contributed by atoms with Crippen LogP contribution in [0.1, 0.15) is 41.9 Å². The van der Waals surface area contributed by atoms with Crippen molar-refractivity contribution in [1.82, 2.24) is 29.0 Å². The highest BCUT2D eigenvalue weighted by molar-refractivity contribution is 7.89. The van der Waals surface area contributed by atoms with Crippen molar-refractivity contribution in [3.05, 3.63) is 142 Å². The molecule has 1 saturated heterocycles. The molecule has 54 heavy (non-hydrogen) atoms. The van der Waals surface area contributed by atoms with Crippen LogP contribution in [0, 0.1) is 11.6 Å². The minimum absolute atomic E-state index is 0.0360. The van der Waals surface area contributed by atoms with Gasteiger partial charge < -0.3 is 10.1 Å². The van der Waals surface area contributed by atoms with Gasteiger partial charge in [0.15, 0.2) is 0 Å². The predicted molar refractivity (Wildman–Crippen MR) is 198 cm³/mol. The summed E-state index contributed by atoms with van der Waals surface area (Å²) < 4.78 is 65.5. The number of ether oxygens (including phenoxy) is 1. The Balaban J connectivity index is 1.25. The number of morpholine rings is 1. The Bertz CT molecular complexity index is 2490. The summed E-state index contributed by atoms with van der Waals surface area (Å²) in [5.41, 5.74) is 2.97. The molecule has 3 heterocycles. The monoisotopic (exact) mass is 750 g/mol. The Labute approximate surface area is 309 Å². The zero-order valence-electron chi connectivity index (χ0n) is 29.1. The van der Waals surface area contributed by atoms with E-state index in [9.17, 15) is 26.8 Å². The van der Waals surface area contributed by atoms with E-state index in [1.165, 1.54) is 50.0 Å². The molecule has 276 valence electrons. The van der Waals surface area contributed by atoms with Crippen molar-refractivity contribution >= 4 is 26.8 Å². The fourth-order valence-electron chi connectivity index (χ4n) is 6.82. The third-order valence-corrected chi connectivity index (χ3v) is 11.6. The van der Waals surface area contributed by atoms with Crippen LogP contribution < -0.4 is 10.9 Å². The zero-order valence-corrected chi connectivity index (χ0v) is 29.9. The number of hydrogen-bond donors (Lipinski definition) is 1. The molecule has 1 aliphatic carbocycles. The molecule has 2 aromatic heterocycles. The lowest BCUT2D eigenvalue weighted by Gasteiger charge is -2.26. The first-order valence-electron chi connectivity index (χ1n) is 17.7. The van der Waals surface area contributed by atoms with Crippen LogP contribution >= 0.6 is 0 Å². The SMILES string of the molecule is O=C(Cn1ccc(C2CC2)n1)N[C@@H](Cc1cc(F)cc(F)c1)c1nc2cc(-c3ccccc3)ccc2c(=O)n1-c1ccc(S(=O)(=O)N2CCOCC2)cc1. The smallest absolute Gasteiger partial charge is 0.266 e. The lowest BCUT2D eigenvalue weighted by atomic mass is 10.0. The molecule has 1 N–H and O–H groups in total. The summed E-state index contributed by atoms with van der Waals surface area (Å²) in [5, 5.41) is 7.79. The Morgan fingerprint density at radius 3 is 2.31 bits per heavy atom. The van der Waals surface area contributed by atoms with Gasteiger partial charge in [-0.2, -0.15) is 9.40 Å².